The Hall–Kier alpha value is -2.99. The molecule has 0 aliphatic carbocycles. The van der Waals surface area contributed by atoms with Crippen LogP contribution in [0.25, 0.3) is 10.9 Å². The van der Waals surface area contributed by atoms with Crippen LogP contribution in [0.15, 0.2) is 83.2 Å². The molecule has 1 aromatic heterocycles. The fraction of sp³-hybridized carbons (Fsp3) is 0.217. The van der Waals surface area contributed by atoms with Gasteiger partial charge < -0.3 is 5.32 Å². The monoisotopic (exact) mass is 408 g/mol. The van der Waals surface area contributed by atoms with E-state index < -0.39 is 15.9 Å². The third-order valence-corrected chi connectivity index (χ3v) is 5.93. The third-order valence-electron chi connectivity index (χ3n) is 4.48. The Morgan fingerprint density at radius 2 is 1.76 bits per heavy atom. The van der Waals surface area contributed by atoms with E-state index in [9.17, 15) is 13.2 Å². The second kappa shape index (κ2) is 9.01. The molecule has 0 aliphatic rings. The van der Waals surface area contributed by atoms with Crippen molar-refractivity contribution >= 4 is 26.6 Å². The Bertz CT molecular complexity index is 1120. The Balaban J connectivity index is 1.85. The highest BCUT2D eigenvalue weighted by Crippen LogP contribution is 2.17. The van der Waals surface area contributed by atoms with Crippen LogP contribution in [0.3, 0.4) is 0 Å². The van der Waals surface area contributed by atoms with Gasteiger partial charge in [-0.2, -0.15) is 0 Å². The number of rotatable bonds is 7. The number of carbonyl (C=O) groups excluding carboxylic acids is 1. The summed E-state index contributed by atoms with van der Waals surface area (Å²) in [5.74, 6) is -0.00303. The molecule has 0 saturated carbocycles. The Morgan fingerprint density at radius 3 is 2.48 bits per heavy atom. The Morgan fingerprint density at radius 1 is 1.03 bits per heavy atom. The molecule has 150 valence electrons. The smallest absolute Gasteiger partial charge is 0.253 e. The lowest BCUT2D eigenvalue weighted by Gasteiger charge is -2.18. The van der Waals surface area contributed by atoms with E-state index in [4.69, 9.17) is 0 Å². The summed E-state index contributed by atoms with van der Waals surface area (Å²) < 4.78 is 25.1. The third kappa shape index (κ3) is 5.29. The minimum absolute atomic E-state index is 0.226. The summed E-state index contributed by atoms with van der Waals surface area (Å²) in [5.41, 5.74) is 1.09. The van der Waals surface area contributed by atoms with Gasteiger partial charge in [-0.25, -0.2) is 8.42 Å². The predicted octanol–water partition coefficient (Wildman–Crippen LogP) is 4.37. The van der Waals surface area contributed by atoms with Crippen LogP contribution in [0.2, 0.25) is 0 Å². The first-order valence-corrected chi connectivity index (χ1v) is 11.0. The molecule has 0 spiro atoms. The number of aromatic nitrogens is 1. The molecule has 0 aliphatic heterocycles. The van der Waals surface area contributed by atoms with E-state index in [1.807, 2.05) is 38.1 Å². The number of hydrogen-bond donors (Lipinski definition) is 1. The fourth-order valence-corrected chi connectivity index (χ4v) is 4.20. The summed E-state index contributed by atoms with van der Waals surface area (Å²) in [5, 5.41) is 5.01. The largest absolute Gasteiger partial charge is 0.346 e. The minimum Gasteiger partial charge on any atom is -0.346 e. The van der Waals surface area contributed by atoms with Crippen molar-refractivity contribution in [2.45, 2.75) is 31.2 Å². The molecular weight excluding hydrogens is 384 g/mol. The zero-order valence-corrected chi connectivity index (χ0v) is 17.3. The van der Waals surface area contributed by atoms with Gasteiger partial charge in [0.2, 0.25) is 0 Å². The van der Waals surface area contributed by atoms with E-state index >= 15 is 0 Å². The fourth-order valence-electron chi connectivity index (χ4n) is 3.11. The Labute approximate surface area is 171 Å². The first-order chi connectivity index (χ1) is 13.9. The number of para-hydroxylation sites is 1. The van der Waals surface area contributed by atoms with Gasteiger partial charge in [-0.1, -0.05) is 56.3 Å². The average molecular weight is 409 g/mol. The summed E-state index contributed by atoms with van der Waals surface area (Å²) >= 11 is 0. The van der Waals surface area contributed by atoms with Crippen LogP contribution < -0.4 is 5.32 Å². The van der Waals surface area contributed by atoms with Crippen LogP contribution in [-0.2, 0) is 9.84 Å². The van der Waals surface area contributed by atoms with Crippen molar-refractivity contribution in [3.05, 3.63) is 83.9 Å². The highest BCUT2D eigenvalue weighted by Gasteiger charge is 2.17. The first-order valence-electron chi connectivity index (χ1n) is 9.50. The van der Waals surface area contributed by atoms with Gasteiger partial charge in [-0.3, -0.25) is 9.78 Å². The number of carbonyl (C=O) groups is 1. The second-order valence-electron chi connectivity index (χ2n) is 7.28. The van der Waals surface area contributed by atoms with Crippen LogP contribution in [0.4, 0.5) is 0 Å². The van der Waals surface area contributed by atoms with E-state index in [2.05, 4.69) is 10.3 Å². The number of nitrogens with one attached hydrogen (secondary N) is 1. The molecule has 3 rings (SSSR count). The average Bonchev–Trinajstić information content (AvgIpc) is 2.72. The second-order valence-corrected chi connectivity index (χ2v) is 9.11. The van der Waals surface area contributed by atoms with Crippen molar-refractivity contribution in [3.8, 4) is 0 Å². The van der Waals surface area contributed by atoms with Crippen molar-refractivity contribution in [2.24, 2.45) is 5.92 Å². The molecule has 0 radical (unpaired) electrons. The van der Waals surface area contributed by atoms with Crippen LogP contribution >= 0.6 is 0 Å². The first kappa shape index (κ1) is 20.7. The van der Waals surface area contributed by atoms with Gasteiger partial charge in [0.15, 0.2) is 9.84 Å². The molecular formula is C23H24N2O3S. The maximum atomic E-state index is 12.9. The molecule has 1 N–H and O–H groups in total. The standard InChI is InChI=1S/C23H24N2O3S/c1-17(2)16-19(13-15-29(27,28)20-10-4-3-5-11-20)25-23(26)21-12-6-8-18-9-7-14-24-22(18)21/h3-15,17,19H,16H2,1-2H3,(H,25,26). The molecule has 1 atom stereocenters. The molecule has 2 aromatic carbocycles. The van der Waals surface area contributed by atoms with Gasteiger partial charge in [0.25, 0.3) is 5.91 Å². The highest BCUT2D eigenvalue weighted by molar-refractivity contribution is 7.94. The lowest BCUT2D eigenvalue weighted by atomic mass is 10.0. The van der Waals surface area contributed by atoms with Gasteiger partial charge in [0.05, 0.1) is 16.0 Å². The number of fused-ring (bicyclic) bond motifs is 1. The normalized spacial score (nSPS) is 13.1. The number of amides is 1. The molecule has 6 heteroatoms. The number of benzene rings is 2. The topological polar surface area (TPSA) is 76.1 Å². The maximum absolute atomic E-state index is 12.9. The number of nitrogens with zero attached hydrogens (tertiary/aromatic N) is 1. The van der Waals surface area contributed by atoms with E-state index in [-0.39, 0.29) is 16.7 Å². The molecule has 0 fully saturated rings. The highest BCUT2D eigenvalue weighted by atomic mass is 32.2. The van der Waals surface area contributed by atoms with Crippen molar-refractivity contribution < 1.29 is 13.2 Å². The number of sulfone groups is 1. The van der Waals surface area contributed by atoms with Crippen molar-refractivity contribution in [1.82, 2.24) is 10.3 Å². The van der Waals surface area contributed by atoms with E-state index in [0.717, 1.165) is 5.39 Å². The zero-order valence-electron chi connectivity index (χ0n) is 16.4. The number of hydrogen-bond acceptors (Lipinski definition) is 4. The van der Waals surface area contributed by atoms with E-state index in [0.29, 0.717) is 17.5 Å². The van der Waals surface area contributed by atoms with Crippen molar-refractivity contribution in [3.63, 3.8) is 0 Å². The van der Waals surface area contributed by atoms with Crippen LogP contribution in [0.1, 0.15) is 30.6 Å². The summed E-state index contributed by atoms with van der Waals surface area (Å²) in [7, 11) is -3.57. The molecule has 1 unspecified atom stereocenters. The molecule has 1 amide bonds. The maximum Gasteiger partial charge on any atom is 0.253 e. The lowest BCUT2D eigenvalue weighted by Crippen LogP contribution is -2.34. The van der Waals surface area contributed by atoms with E-state index in [1.54, 1.807) is 48.7 Å². The summed E-state index contributed by atoms with van der Waals surface area (Å²) in [6.45, 7) is 4.05. The lowest BCUT2D eigenvalue weighted by molar-refractivity contribution is 0.0942. The van der Waals surface area contributed by atoms with E-state index in [1.165, 1.54) is 5.41 Å². The summed E-state index contributed by atoms with van der Waals surface area (Å²) in [6.07, 6.45) is 3.82. The van der Waals surface area contributed by atoms with Gasteiger partial charge in [0, 0.05) is 23.0 Å². The van der Waals surface area contributed by atoms with Gasteiger partial charge in [-0.05, 0) is 36.6 Å². The summed E-state index contributed by atoms with van der Waals surface area (Å²) in [4.78, 5) is 17.5. The summed E-state index contributed by atoms with van der Waals surface area (Å²) in [6, 6.07) is 17.0. The van der Waals surface area contributed by atoms with Gasteiger partial charge in [0.1, 0.15) is 0 Å². The molecule has 0 bridgehead atoms. The quantitative estimate of drug-likeness (QED) is 0.630. The van der Waals surface area contributed by atoms with Crippen LogP contribution in [0.5, 0.6) is 0 Å². The molecule has 0 saturated heterocycles. The molecule has 5 nitrogen and oxygen atoms in total. The van der Waals surface area contributed by atoms with Gasteiger partial charge >= 0.3 is 0 Å². The Kier molecular flexibility index (Phi) is 6.44. The van der Waals surface area contributed by atoms with Gasteiger partial charge in [-0.15, -0.1) is 0 Å². The predicted molar refractivity (Wildman–Crippen MR) is 115 cm³/mol. The minimum atomic E-state index is -3.57. The zero-order chi connectivity index (χ0) is 20.9. The SMILES string of the molecule is CC(C)CC(C=CS(=O)(=O)c1ccccc1)NC(=O)c1cccc2cccnc12. The van der Waals surface area contributed by atoms with Crippen molar-refractivity contribution in [1.29, 1.82) is 0 Å². The molecule has 3 aromatic rings. The number of pyridine rings is 1. The molecule has 29 heavy (non-hydrogen) atoms. The van der Waals surface area contributed by atoms with Crippen LogP contribution in [0, 0.1) is 5.92 Å². The molecule has 1 heterocycles. The van der Waals surface area contributed by atoms with Crippen LogP contribution in [-0.4, -0.2) is 25.4 Å². The van der Waals surface area contributed by atoms with Crippen molar-refractivity contribution in [2.75, 3.05) is 0 Å².